The molecule has 0 radical (unpaired) electrons. The van der Waals surface area contributed by atoms with Gasteiger partial charge in [-0.15, -0.1) is 0 Å². The standard InChI is InChI=1S/C20H23BrN2O4S/c1-2-5-19(24)23-18-9-4-6-15(11-18)12-22-20(25)14-28(26,27)13-16-7-3-8-17(21)10-16/h3-4,6-11H,2,5,12-14H2,1H3,(H,22,25)(H,23,24). The van der Waals surface area contributed by atoms with Crippen LogP contribution in [0.1, 0.15) is 30.9 Å². The van der Waals surface area contributed by atoms with E-state index >= 15 is 0 Å². The van der Waals surface area contributed by atoms with Gasteiger partial charge in [-0.1, -0.05) is 47.1 Å². The molecule has 0 bridgehead atoms. The fourth-order valence-corrected chi connectivity index (χ4v) is 4.33. The third-order valence-corrected chi connectivity index (χ3v) is 5.77. The number of carbonyl (C=O) groups is 2. The van der Waals surface area contributed by atoms with E-state index < -0.39 is 21.5 Å². The van der Waals surface area contributed by atoms with E-state index in [4.69, 9.17) is 0 Å². The zero-order chi connectivity index (χ0) is 20.6. The molecular formula is C20H23BrN2O4S. The maximum Gasteiger partial charge on any atom is 0.235 e. The molecular weight excluding hydrogens is 444 g/mol. The average molecular weight is 467 g/mol. The zero-order valence-electron chi connectivity index (χ0n) is 15.6. The van der Waals surface area contributed by atoms with Gasteiger partial charge in [-0.2, -0.15) is 0 Å². The maximum atomic E-state index is 12.2. The molecule has 150 valence electrons. The molecule has 2 rings (SSSR count). The highest BCUT2D eigenvalue weighted by atomic mass is 79.9. The molecule has 0 aromatic heterocycles. The summed E-state index contributed by atoms with van der Waals surface area (Å²) in [7, 11) is -3.58. The average Bonchev–Trinajstić information content (AvgIpc) is 2.59. The Balaban J connectivity index is 1.88. The lowest BCUT2D eigenvalue weighted by Gasteiger charge is -2.09. The molecule has 2 amide bonds. The van der Waals surface area contributed by atoms with E-state index in [0.29, 0.717) is 17.7 Å². The van der Waals surface area contributed by atoms with Crippen LogP contribution in [0, 0.1) is 0 Å². The second-order valence-electron chi connectivity index (χ2n) is 6.44. The Hall–Kier alpha value is -2.19. The number of rotatable bonds is 9. The van der Waals surface area contributed by atoms with Crippen LogP contribution >= 0.6 is 15.9 Å². The van der Waals surface area contributed by atoms with Gasteiger partial charge in [-0.3, -0.25) is 9.59 Å². The van der Waals surface area contributed by atoms with Gasteiger partial charge in [-0.25, -0.2) is 8.42 Å². The van der Waals surface area contributed by atoms with E-state index in [1.165, 1.54) is 0 Å². The van der Waals surface area contributed by atoms with Crippen LogP contribution < -0.4 is 10.6 Å². The first-order valence-corrected chi connectivity index (χ1v) is 11.5. The number of hydrogen-bond donors (Lipinski definition) is 2. The summed E-state index contributed by atoms with van der Waals surface area (Å²) in [4.78, 5) is 23.7. The first-order valence-electron chi connectivity index (χ1n) is 8.88. The Labute approximate surface area is 173 Å². The highest BCUT2D eigenvalue weighted by Crippen LogP contribution is 2.15. The van der Waals surface area contributed by atoms with Gasteiger partial charge in [0.05, 0.1) is 5.75 Å². The van der Waals surface area contributed by atoms with Crippen LogP contribution in [0.25, 0.3) is 0 Å². The highest BCUT2D eigenvalue weighted by Gasteiger charge is 2.17. The van der Waals surface area contributed by atoms with Crippen molar-refractivity contribution in [3.8, 4) is 0 Å². The van der Waals surface area contributed by atoms with Crippen LogP contribution in [-0.4, -0.2) is 26.0 Å². The molecule has 0 saturated heterocycles. The number of nitrogens with one attached hydrogen (secondary N) is 2. The lowest BCUT2D eigenvalue weighted by molar-refractivity contribution is -0.119. The fourth-order valence-electron chi connectivity index (χ4n) is 2.59. The fraction of sp³-hybridized carbons (Fsp3) is 0.300. The lowest BCUT2D eigenvalue weighted by Crippen LogP contribution is -2.30. The number of hydrogen-bond acceptors (Lipinski definition) is 4. The molecule has 6 nitrogen and oxygen atoms in total. The van der Waals surface area contributed by atoms with E-state index in [-0.39, 0.29) is 18.2 Å². The van der Waals surface area contributed by atoms with Crippen molar-refractivity contribution < 1.29 is 18.0 Å². The summed E-state index contributed by atoms with van der Waals surface area (Å²) in [5, 5.41) is 5.41. The summed E-state index contributed by atoms with van der Waals surface area (Å²) in [6.45, 7) is 2.11. The van der Waals surface area contributed by atoms with E-state index in [0.717, 1.165) is 16.5 Å². The molecule has 2 N–H and O–H groups in total. The molecule has 2 aromatic rings. The van der Waals surface area contributed by atoms with Crippen molar-refractivity contribution in [3.63, 3.8) is 0 Å². The number of amides is 2. The predicted molar refractivity (Wildman–Crippen MR) is 113 cm³/mol. The predicted octanol–water partition coefficient (Wildman–Crippen LogP) is 3.42. The summed E-state index contributed by atoms with van der Waals surface area (Å²) in [5.74, 6) is -1.40. The van der Waals surface area contributed by atoms with Gasteiger partial charge in [-0.05, 0) is 41.8 Å². The van der Waals surface area contributed by atoms with Crippen LogP contribution in [0.5, 0.6) is 0 Å². The highest BCUT2D eigenvalue weighted by molar-refractivity contribution is 9.10. The number of sulfone groups is 1. The van der Waals surface area contributed by atoms with E-state index in [2.05, 4.69) is 26.6 Å². The molecule has 28 heavy (non-hydrogen) atoms. The summed E-state index contributed by atoms with van der Waals surface area (Å²) in [6, 6.07) is 14.1. The van der Waals surface area contributed by atoms with Gasteiger partial charge in [0.2, 0.25) is 11.8 Å². The van der Waals surface area contributed by atoms with Crippen molar-refractivity contribution in [2.45, 2.75) is 32.1 Å². The van der Waals surface area contributed by atoms with Crippen LogP contribution in [0.3, 0.4) is 0 Å². The molecule has 0 unspecified atom stereocenters. The van der Waals surface area contributed by atoms with Crippen molar-refractivity contribution in [2.24, 2.45) is 0 Å². The molecule has 0 saturated carbocycles. The molecule has 2 aromatic carbocycles. The third kappa shape index (κ3) is 7.82. The Morgan fingerprint density at radius 3 is 2.43 bits per heavy atom. The van der Waals surface area contributed by atoms with Crippen molar-refractivity contribution in [2.75, 3.05) is 11.1 Å². The quantitative estimate of drug-likeness (QED) is 0.591. The van der Waals surface area contributed by atoms with Gasteiger partial charge < -0.3 is 10.6 Å². The number of carbonyl (C=O) groups excluding carboxylic acids is 2. The third-order valence-electron chi connectivity index (χ3n) is 3.80. The van der Waals surface area contributed by atoms with Gasteiger partial charge in [0.1, 0.15) is 5.75 Å². The van der Waals surface area contributed by atoms with Crippen molar-refractivity contribution in [1.29, 1.82) is 0 Å². The van der Waals surface area contributed by atoms with Gasteiger partial charge in [0.25, 0.3) is 0 Å². The Morgan fingerprint density at radius 1 is 1.00 bits per heavy atom. The van der Waals surface area contributed by atoms with Crippen LogP contribution in [0.4, 0.5) is 5.69 Å². The molecule has 0 atom stereocenters. The summed E-state index contributed by atoms with van der Waals surface area (Å²) in [5.41, 5.74) is 2.04. The molecule has 8 heteroatoms. The second-order valence-corrected chi connectivity index (χ2v) is 9.42. The summed E-state index contributed by atoms with van der Waals surface area (Å²) in [6.07, 6.45) is 1.20. The maximum absolute atomic E-state index is 12.2. The Kier molecular flexibility index (Phi) is 8.19. The van der Waals surface area contributed by atoms with Gasteiger partial charge in [0, 0.05) is 23.1 Å². The van der Waals surface area contributed by atoms with Crippen LogP contribution in [0.15, 0.2) is 53.0 Å². The minimum absolute atomic E-state index is 0.0673. The van der Waals surface area contributed by atoms with Crippen molar-refractivity contribution >= 4 is 43.3 Å². The van der Waals surface area contributed by atoms with Crippen molar-refractivity contribution in [1.82, 2.24) is 5.32 Å². The molecule has 0 fully saturated rings. The van der Waals surface area contributed by atoms with Gasteiger partial charge >= 0.3 is 0 Å². The molecule has 0 aliphatic rings. The monoisotopic (exact) mass is 466 g/mol. The Morgan fingerprint density at radius 2 is 1.71 bits per heavy atom. The minimum atomic E-state index is -3.58. The minimum Gasteiger partial charge on any atom is -0.351 e. The van der Waals surface area contributed by atoms with Crippen LogP contribution in [-0.2, 0) is 31.7 Å². The first kappa shape index (κ1) is 22.1. The lowest BCUT2D eigenvalue weighted by atomic mass is 10.2. The Bertz CT molecular complexity index is 945. The smallest absolute Gasteiger partial charge is 0.235 e. The second kappa shape index (κ2) is 10.4. The van der Waals surface area contributed by atoms with E-state index in [9.17, 15) is 18.0 Å². The number of benzene rings is 2. The summed E-state index contributed by atoms with van der Waals surface area (Å²) >= 11 is 3.30. The number of halogens is 1. The van der Waals surface area contributed by atoms with E-state index in [1.807, 2.05) is 13.0 Å². The largest absolute Gasteiger partial charge is 0.351 e. The molecule has 0 aliphatic carbocycles. The topological polar surface area (TPSA) is 92.3 Å². The molecule has 0 aliphatic heterocycles. The van der Waals surface area contributed by atoms with E-state index in [1.54, 1.807) is 42.5 Å². The summed E-state index contributed by atoms with van der Waals surface area (Å²) < 4.78 is 25.3. The van der Waals surface area contributed by atoms with Crippen molar-refractivity contribution in [3.05, 3.63) is 64.1 Å². The number of anilines is 1. The SMILES string of the molecule is CCCC(=O)Nc1cccc(CNC(=O)CS(=O)(=O)Cc2cccc(Br)c2)c1. The normalized spacial score (nSPS) is 11.1. The van der Waals surface area contributed by atoms with Crippen LogP contribution in [0.2, 0.25) is 0 Å². The zero-order valence-corrected chi connectivity index (χ0v) is 18.0. The first-order chi connectivity index (χ1) is 13.3. The van der Waals surface area contributed by atoms with Gasteiger partial charge in [0.15, 0.2) is 9.84 Å². The molecule has 0 spiro atoms. The molecule has 0 heterocycles.